The summed E-state index contributed by atoms with van der Waals surface area (Å²) in [4.78, 5) is 5.08. The van der Waals surface area contributed by atoms with Gasteiger partial charge in [0.25, 0.3) is 0 Å². The third-order valence-corrected chi connectivity index (χ3v) is 8.61. The van der Waals surface area contributed by atoms with Gasteiger partial charge in [-0.25, -0.2) is 12.8 Å². The van der Waals surface area contributed by atoms with Gasteiger partial charge in [-0.2, -0.15) is 4.31 Å². The molecule has 0 aliphatic carbocycles. The molecule has 10 heteroatoms. The topological polar surface area (TPSA) is 73.8 Å². The Balaban J connectivity index is 0.00000306. The molecule has 0 unspecified atom stereocenters. The molecule has 2 aromatic rings. The van der Waals surface area contributed by atoms with E-state index in [-0.39, 0.29) is 17.4 Å². The van der Waals surface area contributed by atoms with Crippen molar-refractivity contribution in [1.29, 1.82) is 0 Å². The molecule has 2 aliphatic heterocycles. The molecule has 0 aromatic heterocycles. The molecule has 33 heavy (non-hydrogen) atoms. The summed E-state index contributed by atoms with van der Waals surface area (Å²) in [6.45, 7) is 6.41. The Labute approximate surface area is 206 Å². The van der Waals surface area contributed by atoms with Crippen molar-refractivity contribution in [3.8, 4) is 0 Å². The monoisotopic (exact) mass is 514 g/mol. The van der Waals surface area contributed by atoms with Gasteiger partial charge in [0.15, 0.2) is 0 Å². The second-order valence-electron chi connectivity index (χ2n) is 8.51. The van der Waals surface area contributed by atoms with Crippen LogP contribution in [0.25, 0.3) is 0 Å². The molecule has 2 aliphatic rings. The fourth-order valence-electron chi connectivity index (χ4n) is 4.40. The van der Waals surface area contributed by atoms with Crippen LogP contribution in [0.2, 0.25) is 5.02 Å². The Morgan fingerprint density at radius 3 is 2.61 bits per heavy atom. The van der Waals surface area contributed by atoms with E-state index in [4.69, 9.17) is 16.6 Å². The molecule has 2 N–H and O–H groups in total. The molecule has 0 saturated carbocycles. The first-order chi connectivity index (χ1) is 15.2. The van der Waals surface area contributed by atoms with Gasteiger partial charge in [-0.05, 0) is 61.6 Å². The van der Waals surface area contributed by atoms with E-state index in [0.717, 1.165) is 29.1 Å². The number of hydrogen-bond donors (Lipinski definition) is 2. The van der Waals surface area contributed by atoms with Gasteiger partial charge in [-0.1, -0.05) is 29.8 Å². The van der Waals surface area contributed by atoms with E-state index >= 15 is 0 Å². The molecule has 180 valence electrons. The van der Waals surface area contributed by atoms with Crippen molar-refractivity contribution < 1.29 is 12.8 Å². The van der Waals surface area contributed by atoms with E-state index in [2.05, 4.69) is 10.6 Å². The van der Waals surface area contributed by atoms with Gasteiger partial charge < -0.3 is 10.6 Å². The first kappa shape index (κ1) is 25.9. The van der Waals surface area contributed by atoms with Crippen molar-refractivity contribution in [3.05, 3.63) is 63.9 Å². The Hall–Kier alpha value is -1.71. The van der Waals surface area contributed by atoms with Crippen LogP contribution < -0.4 is 10.6 Å². The maximum Gasteiger partial charge on any atom is 0.243 e. The van der Waals surface area contributed by atoms with Crippen LogP contribution in [-0.2, 0) is 16.6 Å². The fourth-order valence-corrected chi connectivity index (χ4v) is 6.36. The molecule has 4 rings (SSSR count). The van der Waals surface area contributed by atoms with Crippen LogP contribution in [0, 0.1) is 19.7 Å². The number of nitrogens with one attached hydrogen (secondary N) is 2. The molecule has 0 amide bonds. The lowest BCUT2D eigenvalue weighted by Crippen LogP contribution is -2.64. The summed E-state index contributed by atoms with van der Waals surface area (Å²) in [6.07, 6.45) is 1.24. The second-order valence-corrected chi connectivity index (χ2v) is 10.8. The minimum absolute atomic E-state index is 0. The van der Waals surface area contributed by atoms with E-state index in [1.165, 1.54) is 6.07 Å². The Bertz CT molecular complexity index is 1150. The van der Waals surface area contributed by atoms with Crippen LogP contribution >= 0.6 is 24.0 Å². The summed E-state index contributed by atoms with van der Waals surface area (Å²) in [5.41, 5.74) is 2.15. The highest BCUT2D eigenvalue weighted by Crippen LogP contribution is 2.30. The van der Waals surface area contributed by atoms with Gasteiger partial charge in [0.2, 0.25) is 10.0 Å². The average molecular weight is 515 g/mol. The number of aliphatic imine (C=N–C) groups is 1. The number of sulfonamides is 1. The quantitative estimate of drug-likeness (QED) is 0.650. The molecule has 0 radical (unpaired) electrons. The second kappa shape index (κ2) is 10.3. The number of benzene rings is 2. The standard InChI is InChI=1S/C23H28ClFN4O2S.ClH/c1-16-3-4-17(2)21(13-16)32(30,31)29-11-7-23(8-12-29)22(26-9-10-28-23)27-15-18-5-6-20(25)19(24)14-18;/h3-6,13-14,28H,7-12,15H2,1-2H3,(H,26,27);1H. The summed E-state index contributed by atoms with van der Waals surface area (Å²) in [5.74, 6) is 0.383. The highest BCUT2D eigenvalue weighted by Gasteiger charge is 2.43. The minimum Gasteiger partial charge on any atom is -0.368 e. The fraction of sp³-hybridized carbons (Fsp3) is 0.435. The third-order valence-electron chi connectivity index (χ3n) is 6.28. The molecule has 2 aromatic carbocycles. The molecule has 2 heterocycles. The highest BCUT2D eigenvalue weighted by molar-refractivity contribution is 7.89. The Morgan fingerprint density at radius 2 is 1.91 bits per heavy atom. The van der Waals surface area contributed by atoms with Gasteiger partial charge >= 0.3 is 0 Å². The van der Waals surface area contributed by atoms with Gasteiger partial charge in [0, 0.05) is 26.2 Å². The Morgan fingerprint density at radius 1 is 1.18 bits per heavy atom. The van der Waals surface area contributed by atoms with Crippen LogP contribution in [-0.4, -0.2) is 50.3 Å². The summed E-state index contributed by atoms with van der Waals surface area (Å²) in [5, 5.41) is 7.05. The summed E-state index contributed by atoms with van der Waals surface area (Å²) < 4.78 is 41.6. The van der Waals surface area contributed by atoms with E-state index in [0.29, 0.717) is 43.9 Å². The predicted octanol–water partition coefficient (Wildman–Crippen LogP) is 3.83. The molecular formula is C23H29Cl2FN4O2S. The van der Waals surface area contributed by atoms with Crippen molar-refractivity contribution >= 4 is 39.9 Å². The predicted molar refractivity (Wildman–Crippen MR) is 132 cm³/mol. The minimum atomic E-state index is -3.56. The molecule has 6 nitrogen and oxygen atoms in total. The van der Waals surface area contributed by atoms with Crippen LogP contribution in [0.15, 0.2) is 46.3 Å². The average Bonchev–Trinajstić information content (AvgIpc) is 2.77. The molecular weight excluding hydrogens is 486 g/mol. The lowest BCUT2D eigenvalue weighted by Gasteiger charge is -2.44. The van der Waals surface area contributed by atoms with E-state index in [1.54, 1.807) is 22.5 Å². The number of amidine groups is 1. The smallest absolute Gasteiger partial charge is 0.243 e. The van der Waals surface area contributed by atoms with Crippen LogP contribution in [0.4, 0.5) is 4.39 Å². The van der Waals surface area contributed by atoms with Crippen molar-refractivity contribution in [2.24, 2.45) is 4.99 Å². The largest absolute Gasteiger partial charge is 0.368 e. The lowest BCUT2D eigenvalue weighted by molar-refractivity contribution is 0.241. The van der Waals surface area contributed by atoms with Crippen molar-refractivity contribution in [2.75, 3.05) is 26.2 Å². The zero-order valence-electron chi connectivity index (χ0n) is 18.7. The maximum atomic E-state index is 13.4. The van der Waals surface area contributed by atoms with Crippen LogP contribution in [0.5, 0.6) is 0 Å². The lowest BCUT2D eigenvalue weighted by atomic mass is 9.85. The molecule has 1 spiro atoms. The summed E-state index contributed by atoms with van der Waals surface area (Å²) in [7, 11) is -3.56. The van der Waals surface area contributed by atoms with Crippen LogP contribution in [0.3, 0.4) is 0 Å². The number of nitrogens with zero attached hydrogens (tertiary/aromatic N) is 2. The van der Waals surface area contributed by atoms with Gasteiger partial charge in [0.1, 0.15) is 11.7 Å². The number of aryl methyl sites for hydroxylation is 2. The first-order valence-corrected chi connectivity index (χ1v) is 12.6. The normalized spacial score (nSPS) is 18.5. The van der Waals surface area contributed by atoms with Crippen molar-refractivity contribution in [2.45, 2.75) is 43.7 Å². The van der Waals surface area contributed by atoms with Crippen molar-refractivity contribution in [3.63, 3.8) is 0 Å². The summed E-state index contributed by atoms with van der Waals surface area (Å²) >= 11 is 5.90. The zero-order chi connectivity index (χ0) is 22.9. The van der Waals surface area contributed by atoms with Gasteiger partial charge in [0.05, 0.1) is 22.0 Å². The highest BCUT2D eigenvalue weighted by atomic mass is 35.5. The SMILES string of the molecule is Cc1ccc(C)c(S(=O)(=O)N2CCC3(CC2)NCCN=C3NCc2ccc(F)c(Cl)c2)c1.Cl. The first-order valence-electron chi connectivity index (χ1n) is 10.8. The Kier molecular flexibility index (Phi) is 8.07. The van der Waals surface area contributed by atoms with Crippen molar-refractivity contribution in [1.82, 2.24) is 14.9 Å². The number of hydrogen-bond acceptors (Lipinski definition) is 5. The zero-order valence-corrected chi connectivity index (χ0v) is 21.1. The summed E-state index contributed by atoms with van der Waals surface area (Å²) in [6, 6.07) is 10.2. The van der Waals surface area contributed by atoms with E-state index in [9.17, 15) is 12.8 Å². The third kappa shape index (κ3) is 5.35. The van der Waals surface area contributed by atoms with E-state index in [1.807, 2.05) is 26.0 Å². The molecule has 0 bridgehead atoms. The molecule has 1 fully saturated rings. The molecule has 0 atom stereocenters. The number of rotatable bonds is 4. The van der Waals surface area contributed by atoms with Gasteiger partial charge in [-0.3, -0.25) is 4.99 Å². The number of halogens is 3. The number of piperidine rings is 1. The van der Waals surface area contributed by atoms with E-state index < -0.39 is 21.4 Å². The van der Waals surface area contributed by atoms with Gasteiger partial charge in [-0.15, -0.1) is 12.4 Å². The maximum absolute atomic E-state index is 13.4. The molecule has 1 saturated heterocycles. The van der Waals surface area contributed by atoms with Crippen LogP contribution in [0.1, 0.15) is 29.5 Å².